The first kappa shape index (κ1) is 20.2. The van der Waals surface area contributed by atoms with Crippen molar-refractivity contribution >= 4 is 55.4 Å². The van der Waals surface area contributed by atoms with Crippen molar-refractivity contribution in [3.8, 4) is 5.75 Å². The van der Waals surface area contributed by atoms with Crippen LogP contribution in [0.25, 0.3) is 6.08 Å². The Bertz CT molecular complexity index is 851. The molecule has 136 valence electrons. The Morgan fingerprint density at radius 3 is 2.50 bits per heavy atom. The highest BCUT2D eigenvalue weighted by Gasteiger charge is 2.07. The fraction of sp³-hybridized carbons (Fsp3) is 0.158. The molecule has 0 fully saturated rings. The van der Waals surface area contributed by atoms with Crippen molar-refractivity contribution in [3.05, 3.63) is 62.5 Å². The highest BCUT2D eigenvalue weighted by molar-refractivity contribution is 9.10. The Balaban J connectivity index is 1.90. The van der Waals surface area contributed by atoms with Crippen LogP contribution in [0.4, 0.5) is 5.69 Å². The number of amides is 2. The zero-order valence-corrected chi connectivity index (χ0v) is 17.5. The van der Waals surface area contributed by atoms with E-state index < -0.39 is 0 Å². The van der Waals surface area contributed by atoms with Gasteiger partial charge in [-0.25, -0.2) is 0 Å². The molecule has 2 aromatic carbocycles. The van der Waals surface area contributed by atoms with Crippen LogP contribution in [0.5, 0.6) is 5.75 Å². The number of nitrogens with one attached hydrogen (secondary N) is 2. The van der Waals surface area contributed by atoms with Crippen molar-refractivity contribution in [3.63, 3.8) is 0 Å². The monoisotopic (exact) mass is 480 g/mol. The number of hydrogen-bond acceptors (Lipinski definition) is 3. The molecule has 2 amide bonds. The van der Waals surface area contributed by atoms with Gasteiger partial charge in [-0.1, -0.05) is 31.9 Å². The van der Waals surface area contributed by atoms with E-state index in [0.717, 1.165) is 20.1 Å². The van der Waals surface area contributed by atoms with Gasteiger partial charge in [0.25, 0.3) is 0 Å². The number of rotatable bonds is 6. The number of ether oxygens (including phenoxy) is 1. The molecule has 2 aromatic rings. The first-order chi connectivity index (χ1) is 12.4. The summed E-state index contributed by atoms with van der Waals surface area (Å²) in [6, 6.07) is 11.0. The highest BCUT2D eigenvalue weighted by atomic mass is 79.9. The van der Waals surface area contributed by atoms with Gasteiger partial charge in [-0.2, -0.15) is 0 Å². The second-order valence-electron chi connectivity index (χ2n) is 5.44. The van der Waals surface area contributed by atoms with Gasteiger partial charge in [-0.3, -0.25) is 9.59 Å². The zero-order valence-electron chi connectivity index (χ0n) is 14.3. The molecule has 0 bridgehead atoms. The molecule has 0 spiro atoms. The normalized spacial score (nSPS) is 10.6. The van der Waals surface area contributed by atoms with E-state index in [9.17, 15) is 9.59 Å². The Hall–Kier alpha value is -2.12. The molecule has 0 saturated carbocycles. The molecule has 0 heterocycles. The lowest BCUT2D eigenvalue weighted by Gasteiger charge is -2.09. The molecule has 0 saturated heterocycles. The zero-order chi connectivity index (χ0) is 19.1. The molecule has 5 nitrogen and oxygen atoms in total. The van der Waals surface area contributed by atoms with Crippen LogP contribution in [-0.4, -0.2) is 25.5 Å². The minimum absolute atomic E-state index is 0.117. The van der Waals surface area contributed by atoms with E-state index >= 15 is 0 Å². The summed E-state index contributed by atoms with van der Waals surface area (Å²) in [6.07, 6.45) is 3.00. The number of halogens is 2. The van der Waals surface area contributed by atoms with Crippen LogP contribution >= 0.6 is 31.9 Å². The molecule has 0 aliphatic carbocycles. The third kappa shape index (κ3) is 6.00. The fourth-order valence-electron chi connectivity index (χ4n) is 2.19. The highest BCUT2D eigenvalue weighted by Crippen LogP contribution is 2.24. The summed E-state index contributed by atoms with van der Waals surface area (Å²) in [5.41, 5.74) is 2.40. The smallest absolute Gasteiger partial charge is 0.244 e. The molecular formula is C19H18Br2N2O3. The van der Waals surface area contributed by atoms with Crippen molar-refractivity contribution in [2.45, 2.75) is 6.92 Å². The van der Waals surface area contributed by atoms with E-state index in [0.29, 0.717) is 11.4 Å². The summed E-state index contributed by atoms with van der Waals surface area (Å²) in [5, 5.41) is 5.32. The predicted molar refractivity (Wildman–Crippen MR) is 110 cm³/mol. The molecule has 0 aromatic heterocycles. The average molecular weight is 482 g/mol. The van der Waals surface area contributed by atoms with E-state index in [1.54, 1.807) is 25.3 Å². The summed E-state index contributed by atoms with van der Waals surface area (Å²) in [5.74, 6) is -0.00683. The van der Waals surface area contributed by atoms with Gasteiger partial charge in [0.2, 0.25) is 11.8 Å². The summed E-state index contributed by atoms with van der Waals surface area (Å²) in [7, 11) is 1.56. The first-order valence-corrected chi connectivity index (χ1v) is 9.33. The minimum atomic E-state index is -0.366. The first-order valence-electron chi connectivity index (χ1n) is 7.74. The van der Waals surface area contributed by atoms with E-state index in [2.05, 4.69) is 42.5 Å². The third-order valence-electron chi connectivity index (χ3n) is 3.49. The van der Waals surface area contributed by atoms with Crippen LogP contribution in [-0.2, 0) is 9.59 Å². The minimum Gasteiger partial charge on any atom is -0.496 e. The molecule has 7 heteroatoms. The number of methoxy groups -OCH3 is 1. The van der Waals surface area contributed by atoms with Crippen LogP contribution < -0.4 is 15.4 Å². The molecule has 0 aliphatic heterocycles. The quantitative estimate of drug-likeness (QED) is 0.604. The van der Waals surface area contributed by atoms with Gasteiger partial charge in [0, 0.05) is 26.3 Å². The molecule has 0 aliphatic rings. The Labute approximate surface area is 169 Å². The number of anilines is 1. The van der Waals surface area contributed by atoms with Crippen molar-refractivity contribution in [1.29, 1.82) is 0 Å². The Morgan fingerprint density at radius 2 is 1.81 bits per heavy atom. The number of benzene rings is 2. The second kappa shape index (κ2) is 9.54. The van der Waals surface area contributed by atoms with Gasteiger partial charge in [-0.15, -0.1) is 0 Å². The number of carbonyl (C=O) groups is 2. The van der Waals surface area contributed by atoms with E-state index in [1.807, 2.05) is 31.2 Å². The number of hydrogen-bond donors (Lipinski definition) is 2. The summed E-state index contributed by atoms with van der Waals surface area (Å²) >= 11 is 6.75. The van der Waals surface area contributed by atoms with Crippen LogP contribution in [0.15, 0.2) is 51.4 Å². The molecule has 2 N–H and O–H groups in total. The fourth-order valence-corrected chi connectivity index (χ4v) is 3.04. The maximum atomic E-state index is 12.0. The van der Waals surface area contributed by atoms with Gasteiger partial charge in [0.05, 0.1) is 13.7 Å². The SMILES string of the molecule is COc1ccc(Br)cc1/C=C/C(=O)NCC(=O)Nc1ccc(Br)cc1C. The second-order valence-corrected chi connectivity index (χ2v) is 7.28. The third-order valence-corrected chi connectivity index (χ3v) is 4.48. The molecule has 26 heavy (non-hydrogen) atoms. The van der Waals surface area contributed by atoms with E-state index in [-0.39, 0.29) is 18.4 Å². The van der Waals surface area contributed by atoms with Crippen molar-refractivity contribution in [2.24, 2.45) is 0 Å². The molecule has 0 unspecified atom stereocenters. The summed E-state index contributed by atoms with van der Waals surface area (Å²) in [6.45, 7) is 1.78. The standard InChI is InChI=1S/C19H18Br2N2O3/c1-12-9-14(20)4-6-16(12)23-19(25)11-22-18(24)8-3-13-10-15(21)5-7-17(13)26-2/h3-10H,11H2,1-2H3,(H,22,24)(H,23,25)/b8-3+. The number of aryl methyl sites for hydroxylation is 1. The van der Waals surface area contributed by atoms with E-state index in [1.165, 1.54) is 6.08 Å². The molecule has 0 radical (unpaired) electrons. The largest absolute Gasteiger partial charge is 0.496 e. The summed E-state index contributed by atoms with van der Waals surface area (Å²) < 4.78 is 7.06. The van der Waals surface area contributed by atoms with Gasteiger partial charge in [0.15, 0.2) is 0 Å². The maximum absolute atomic E-state index is 12.0. The van der Waals surface area contributed by atoms with Crippen molar-refractivity contribution in [2.75, 3.05) is 19.0 Å². The lowest BCUT2D eigenvalue weighted by molar-refractivity contribution is -0.121. The molecule has 2 rings (SSSR count). The maximum Gasteiger partial charge on any atom is 0.244 e. The van der Waals surface area contributed by atoms with Crippen LogP contribution in [0.3, 0.4) is 0 Å². The number of carbonyl (C=O) groups excluding carboxylic acids is 2. The lowest BCUT2D eigenvalue weighted by Crippen LogP contribution is -2.31. The lowest BCUT2D eigenvalue weighted by atomic mass is 10.2. The van der Waals surface area contributed by atoms with Crippen molar-refractivity contribution in [1.82, 2.24) is 5.32 Å². The molecular weight excluding hydrogens is 464 g/mol. The van der Waals surface area contributed by atoms with Gasteiger partial charge >= 0.3 is 0 Å². The van der Waals surface area contributed by atoms with Crippen LogP contribution in [0.1, 0.15) is 11.1 Å². The van der Waals surface area contributed by atoms with Gasteiger partial charge in [0.1, 0.15) is 5.75 Å². The van der Waals surface area contributed by atoms with Crippen molar-refractivity contribution < 1.29 is 14.3 Å². The summed E-state index contributed by atoms with van der Waals surface area (Å²) in [4.78, 5) is 23.9. The topological polar surface area (TPSA) is 67.4 Å². The van der Waals surface area contributed by atoms with Gasteiger partial charge < -0.3 is 15.4 Å². The predicted octanol–water partition coefficient (Wildman–Crippen LogP) is 4.30. The Kier molecular flexibility index (Phi) is 7.41. The molecule has 0 atom stereocenters. The van der Waals surface area contributed by atoms with Crippen LogP contribution in [0.2, 0.25) is 0 Å². The van der Waals surface area contributed by atoms with E-state index in [4.69, 9.17) is 4.74 Å². The van der Waals surface area contributed by atoms with Gasteiger partial charge in [-0.05, 0) is 55.0 Å². The van der Waals surface area contributed by atoms with Crippen LogP contribution in [0, 0.1) is 6.92 Å². The average Bonchev–Trinajstić information content (AvgIpc) is 2.60. The Morgan fingerprint density at radius 1 is 1.12 bits per heavy atom.